The molecule has 0 radical (unpaired) electrons. The summed E-state index contributed by atoms with van der Waals surface area (Å²) in [6.07, 6.45) is 1.95. The van der Waals surface area contributed by atoms with E-state index in [0.717, 1.165) is 53.3 Å². The monoisotopic (exact) mass is 283 g/mol. The molecule has 0 bridgehead atoms. The van der Waals surface area contributed by atoms with Gasteiger partial charge in [0.15, 0.2) is 11.6 Å². The van der Waals surface area contributed by atoms with Crippen molar-refractivity contribution >= 4 is 11.0 Å². The van der Waals surface area contributed by atoms with E-state index in [1.165, 1.54) is 0 Å². The zero-order chi connectivity index (χ0) is 14.8. The molecule has 21 heavy (non-hydrogen) atoms. The van der Waals surface area contributed by atoms with Gasteiger partial charge >= 0.3 is 0 Å². The van der Waals surface area contributed by atoms with E-state index in [1.807, 2.05) is 12.1 Å². The number of imidazole rings is 1. The summed E-state index contributed by atoms with van der Waals surface area (Å²) >= 11 is 0. The highest BCUT2D eigenvalue weighted by atomic mass is 16.3. The first-order valence-corrected chi connectivity index (χ1v) is 7.55. The normalized spacial score (nSPS) is 11.4. The van der Waals surface area contributed by atoms with Crippen LogP contribution < -0.4 is 5.73 Å². The van der Waals surface area contributed by atoms with Crippen molar-refractivity contribution < 1.29 is 4.42 Å². The van der Waals surface area contributed by atoms with E-state index in [2.05, 4.69) is 36.6 Å². The van der Waals surface area contributed by atoms with Crippen LogP contribution in [0.2, 0.25) is 0 Å². The number of benzene rings is 1. The Bertz CT molecular complexity index is 755. The molecule has 0 unspecified atom stereocenters. The molecule has 4 nitrogen and oxygen atoms in total. The van der Waals surface area contributed by atoms with Crippen molar-refractivity contribution in [3.63, 3.8) is 0 Å². The quantitative estimate of drug-likeness (QED) is 0.776. The Kier molecular flexibility index (Phi) is 3.80. The van der Waals surface area contributed by atoms with Crippen LogP contribution in [0.15, 0.2) is 34.7 Å². The third kappa shape index (κ3) is 2.47. The lowest BCUT2D eigenvalue weighted by Crippen LogP contribution is -1.99. The van der Waals surface area contributed by atoms with Gasteiger partial charge in [-0.2, -0.15) is 0 Å². The lowest BCUT2D eigenvalue weighted by Gasteiger charge is -2.06. The summed E-state index contributed by atoms with van der Waals surface area (Å²) in [5, 5.41) is 0. The fraction of sp³-hybridized carbons (Fsp3) is 0.353. The standard InChI is InChI=1S/C17H21N3O/c1-3-9-20-15-7-5-12(11-18)10-14(15)19-17(20)16-8-6-13(4-2)21-16/h5-8,10H,3-4,9,11,18H2,1-2H3. The molecule has 4 heteroatoms. The van der Waals surface area contributed by atoms with Gasteiger partial charge in [0.2, 0.25) is 0 Å². The molecule has 0 aliphatic heterocycles. The summed E-state index contributed by atoms with van der Waals surface area (Å²) in [6, 6.07) is 10.3. The van der Waals surface area contributed by atoms with Gasteiger partial charge in [-0.1, -0.05) is 19.9 Å². The number of aromatic nitrogens is 2. The average molecular weight is 283 g/mol. The maximum Gasteiger partial charge on any atom is 0.177 e. The van der Waals surface area contributed by atoms with Crippen LogP contribution in [0.4, 0.5) is 0 Å². The molecule has 0 aliphatic rings. The van der Waals surface area contributed by atoms with Crippen molar-refractivity contribution in [1.82, 2.24) is 9.55 Å². The Morgan fingerprint density at radius 3 is 2.71 bits per heavy atom. The first kappa shape index (κ1) is 13.9. The molecule has 0 saturated heterocycles. The highest BCUT2D eigenvalue weighted by molar-refractivity contribution is 5.80. The van der Waals surface area contributed by atoms with Crippen LogP contribution in [0.3, 0.4) is 0 Å². The summed E-state index contributed by atoms with van der Waals surface area (Å²) in [5.74, 6) is 2.73. The molecule has 0 fully saturated rings. The van der Waals surface area contributed by atoms with E-state index in [0.29, 0.717) is 6.54 Å². The van der Waals surface area contributed by atoms with E-state index in [9.17, 15) is 0 Å². The predicted octanol–water partition coefficient (Wildman–Crippen LogP) is 3.73. The largest absolute Gasteiger partial charge is 0.458 e. The summed E-state index contributed by atoms with van der Waals surface area (Å²) in [5.41, 5.74) is 8.94. The van der Waals surface area contributed by atoms with E-state index >= 15 is 0 Å². The molecule has 0 aliphatic carbocycles. The van der Waals surface area contributed by atoms with Crippen LogP contribution in [-0.4, -0.2) is 9.55 Å². The second-order valence-electron chi connectivity index (χ2n) is 5.23. The van der Waals surface area contributed by atoms with Gasteiger partial charge in [-0.05, 0) is 36.2 Å². The Balaban J connectivity index is 2.17. The van der Waals surface area contributed by atoms with Crippen molar-refractivity contribution in [2.24, 2.45) is 5.73 Å². The van der Waals surface area contributed by atoms with E-state index in [4.69, 9.17) is 15.1 Å². The minimum atomic E-state index is 0.534. The minimum Gasteiger partial charge on any atom is -0.458 e. The fourth-order valence-corrected chi connectivity index (χ4v) is 2.63. The average Bonchev–Trinajstić information content (AvgIpc) is 3.11. The molecule has 2 N–H and O–H groups in total. The maximum absolute atomic E-state index is 5.88. The topological polar surface area (TPSA) is 57.0 Å². The molecule has 3 aromatic rings. The van der Waals surface area contributed by atoms with Crippen molar-refractivity contribution in [3.8, 4) is 11.6 Å². The van der Waals surface area contributed by atoms with Crippen LogP contribution in [0.5, 0.6) is 0 Å². The van der Waals surface area contributed by atoms with Gasteiger partial charge in [0.05, 0.1) is 11.0 Å². The Morgan fingerprint density at radius 1 is 1.19 bits per heavy atom. The van der Waals surface area contributed by atoms with Crippen molar-refractivity contribution in [2.45, 2.75) is 39.8 Å². The number of hydrogen-bond donors (Lipinski definition) is 1. The van der Waals surface area contributed by atoms with Gasteiger partial charge in [0.1, 0.15) is 5.76 Å². The van der Waals surface area contributed by atoms with E-state index in [1.54, 1.807) is 0 Å². The lowest BCUT2D eigenvalue weighted by atomic mass is 10.2. The van der Waals surface area contributed by atoms with E-state index < -0.39 is 0 Å². The van der Waals surface area contributed by atoms with Crippen molar-refractivity contribution in [2.75, 3.05) is 0 Å². The zero-order valence-electron chi connectivity index (χ0n) is 12.6. The fourth-order valence-electron chi connectivity index (χ4n) is 2.63. The second-order valence-corrected chi connectivity index (χ2v) is 5.23. The molecule has 2 aromatic heterocycles. The van der Waals surface area contributed by atoms with Crippen LogP contribution >= 0.6 is 0 Å². The van der Waals surface area contributed by atoms with E-state index in [-0.39, 0.29) is 0 Å². The van der Waals surface area contributed by atoms with Crippen molar-refractivity contribution in [1.29, 1.82) is 0 Å². The van der Waals surface area contributed by atoms with Crippen molar-refractivity contribution in [3.05, 3.63) is 41.7 Å². The summed E-state index contributed by atoms with van der Waals surface area (Å²) in [7, 11) is 0. The zero-order valence-corrected chi connectivity index (χ0v) is 12.6. The molecule has 110 valence electrons. The summed E-state index contributed by atoms with van der Waals surface area (Å²) in [4.78, 5) is 4.77. The third-order valence-electron chi connectivity index (χ3n) is 3.73. The van der Waals surface area contributed by atoms with Gasteiger partial charge in [0, 0.05) is 19.5 Å². The number of hydrogen-bond acceptors (Lipinski definition) is 3. The molecule has 2 heterocycles. The number of nitrogens with zero attached hydrogens (tertiary/aromatic N) is 2. The van der Waals surface area contributed by atoms with Gasteiger partial charge < -0.3 is 14.7 Å². The van der Waals surface area contributed by atoms with Crippen LogP contribution in [0.25, 0.3) is 22.6 Å². The highest BCUT2D eigenvalue weighted by Gasteiger charge is 2.15. The van der Waals surface area contributed by atoms with Gasteiger partial charge in [-0.25, -0.2) is 4.98 Å². The predicted molar refractivity (Wildman–Crippen MR) is 85.0 cm³/mol. The molecule has 0 amide bonds. The minimum absolute atomic E-state index is 0.534. The van der Waals surface area contributed by atoms with Gasteiger partial charge in [0.25, 0.3) is 0 Å². The van der Waals surface area contributed by atoms with Crippen LogP contribution in [0.1, 0.15) is 31.6 Å². The summed E-state index contributed by atoms with van der Waals surface area (Å²) in [6.45, 7) is 5.72. The lowest BCUT2D eigenvalue weighted by molar-refractivity contribution is 0.521. The van der Waals surface area contributed by atoms with Gasteiger partial charge in [-0.15, -0.1) is 0 Å². The number of rotatable bonds is 5. The molecular weight excluding hydrogens is 262 g/mol. The highest BCUT2D eigenvalue weighted by Crippen LogP contribution is 2.27. The number of fused-ring (bicyclic) bond motifs is 1. The van der Waals surface area contributed by atoms with Gasteiger partial charge in [-0.3, -0.25) is 0 Å². The first-order valence-electron chi connectivity index (χ1n) is 7.55. The second kappa shape index (κ2) is 5.74. The molecule has 0 saturated carbocycles. The molecule has 0 spiro atoms. The Labute approximate surface area is 124 Å². The first-order chi connectivity index (χ1) is 10.3. The van der Waals surface area contributed by atoms with Crippen LogP contribution in [0, 0.1) is 0 Å². The number of nitrogens with two attached hydrogens (primary N) is 1. The molecule has 1 aromatic carbocycles. The third-order valence-corrected chi connectivity index (χ3v) is 3.73. The number of aryl methyl sites for hydroxylation is 2. The van der Waals surface area contributed by atoms with Crippen LogP contribution in [-0.2, 0) is 19.5 Å². The SMILES string of the molecule is CCCn1c(-c2ccc(CC)o2)nc2cc(CN)ccc21. The number of furan rings is 1. The summed E-state index contributed by atoms with van der Waals surface area (Å²) < 4.78 is 8.11. The smallest absolute Gasteiger partial charge is 0.177 e. The Morgan fingerprint density at radius 2 is 2.05 bits per heavy atom. The molecule has 0 atom stereocenters. The Hall–Kier alpha value is -2.07. The molecular formula is C17H21N3O. The maximum atomic E-state index is 5.88. The molecule has 3 rings (SSSR count).